The van der Waals surface area contributed by atoms with Gasteiger partial charge in [0.15, 0.2) is 5.96 Å². The van der Waals surface area contributed by atoms with Gasteiger partial charge in [-0.3, -0.25) is 0 Å². The number of aliphatic imine (C=N–C) groups is 1. The first-order valence-electron chi connectivity index (χ1n) is 7.89. The molecule has 2 rings (SSSR count). The minimum absolute atomic E-state index is 0.432. The van der Waals surface area contributed by atoms with Crippen molar-refractivity contribution in [2.24, 2.45) is 10.7 Å². The van der Waals surface area contributed by atoms with Crippen LogP contribution in [0.4, 0.5) is 11.4 Å². The van der Waals surface area contributed by atoms with Crippen LogP contribution in [-0.2, 0) is 6.54 Å². The number of nitrogens with zero attached hydrogens (tertiary/aromatic N) is 2. The molecule has 4 nitrogen and oxygen atoms in total. The van der Waals surface area contributed by atoms with Crippen LogP contribution >= 0.6 is 0 Å². The largest absolute Gasteiger partial charge is 0.378 e. The maximum absolute atomic E-state index is 6.01. The quantitative estimate of drug-likeness (QED) is 0.652. The maximum Gasteiger partial charge on any atom is 0.193 e. The fourth-order valence-corrected chi connectivity index (χ4v) is 2.27. The van der Waals surface area contributed by atoms with Crippen molar-refractivity contribution in [1.29, 1.82) is 0 Å². The summed E-state index contributed by atoms with van der Waals surface area (Å²) >= 11 is 0. The molecule has 0 bridgehead atoms. The van der Waals surface area contributed by atoms with Gasteiger partial charge in [0, 0.05) is 25.5 Å². The molecule has 0 aliphatic heterocycles. The molecular formula is C19H26N4. The first kappa shape index (κ1) is 16.9. The number of anilines is 2. The minimum Gasteiger partial charge on any atom is -0.378 e. The minimum atomic E-state index is 0.432. The van der Waals surface area contributed by atoms with Gasteiger partial charge in [-0.25, -0.2) is 4.99 Å². The summed E-state index contributed by atoms with van der Waals surface area (Å²) in [5, 5.41) is 3.16. The van der Waals surface area contributed by atoms with Crippen LogP contribution in [-0.4, -0.2) is 20.1 Å². The first-order valence-corrected chi connectivity index (χ1v) is 7.89. The van der Waals surface area contributed by atoms with E-state index in [1.165, 1.54) is 5.56 Å². The van der Waals surface area contributed by atoms with E-state index >= 15 is 0 Å². The molecule has 3 N–H and O–H groups in total. The number of nitrogens with one attached hydrogen (secondary N) is 1. The second-order valence-corrected chi connectivity index (χ2v) is 6.17. The van der Waals surface area contributed by atoms with Crippen molar-refractivity contribution < 1.29 is 0 Å². The van der Waals surface area contributed by atoms with Crippen LogP contribution in [0.15, 0.2) is 53.5 Å². The molecule has 4 heteroatoms. The SMILES string of the molecule is CC(C)c1cccc(NC(N)=NCc2cccc(N(C)C)c2)c1. The molecule has 0 fully saturated rings. The standard InChI is InChI=1S/C19H26N4/c1-14(2)16-8-6-9-17(12-16)22-19(20)21-13-15-7-5-10-18(11-15)23(3)4/h5-12,14H,13H2,1-4H3,(H3,20,21,22). The molecule has 0 aliphatic carbocycles. The van der Waals surface area contributed by atoms with Crippen molar-refractivity contribution in [3.05, 3.63) is 59.7 Å². The Bertz CT molecular complexity index is 675. The average Bonchev–Trinajstić information content (AvgIpc) is 2.53. The van der Waals surface area contributed by atoms with Crippen molar-refractivity contribution in [3.8, 4) is 0 Å². The molecule has 0 heterocycles. The lowest BCUT2D eigenvalue weighted by Crippen LogP contribution is -2.22. The van der Waals surface area contributed by atoms with E-state index < -0.39 is 0 Å². The van der Waals surface area contributed by atoms with E-state index in [9.17, 15) is 0 Å². The van der Waals surface area contributed by atoms with Crippen molar-refractivity contribution in [3.63, 3.8) is 0 Å². The summed E-state index contributed by atoms with van der Waals surface area (Å²) in [7, 11) is 4.06. The molecule has 2 aromatic rings. The number of benzene rings is 2. The summed E-state index contributed by atoms with van der Waals surface area (Å²) in [5.74, 6) is 0.921. The number of rotatable bonds is 5. The van der Waals surface area contributed by atoms with Crippen molar-refractivity contribution in [2.75, 3.05) is 24.3 Å². The molecule has 0 spiro atoms. The van der Waals surface area contributed by atoms with Crippen LogP contribution in [0.5, 0.6) is 0 Å². The zero-order valence-corrected chi connectivity index (χ0v) is 14.4. The van der Waals surface area contributed by atoms with Crippen LogP contribution in [0.2, 0.25) is 0 Å². The van der Waals surface area contributed by atoms with E-state index in [4.69, 9.17) is 5.73 Å². The topological polar surface area (TPSA) is 53.6 Å². The third kappa shape index (κ3) is 5.02. The lowest BCUT2D eigenvalue weighted by Gasteiger charge is -2.13. The van der Waals surface area contributed by atoms with E-state index in [1.54, 1.807) is 0 Å². The summed E-state index contributed by atoms with van der Waals surface area (Å²) in [5.41, 5.74) is 10.6. The predicted octanol–water partition coefficient (Wildman–Crippen LogP) is 3.80. The Balaban J connectivity index is 2.03. The maximum atomic E-state index is 6.01. The van der Waals surface area contributed by atoms with Crippen molar-refractivity contribution >= 4 is 17.3 Å². The normalized spacial score (nSPS) is 11.6. The fraction of sp³-hybridized carbons (Fsp3) is 0.316. The highest BCUT2D eigenvalue weighted by Gasteiger charge is 2.02. The highest BCUT2D eigenvalue weighted by Crippen LogP contribution is 2.18. The van der Waals surface area contributed by atoms with E-state index in [0.29, 0.717) is 18.4 Å². The highest BCUT2D eigenvalue weighted by atomic mass is 15.1. The second-order valence-electron chi connectivity index (χ2n) is 6.17. The lowest BCUT2D eigenvalue weighted by atomic mass is 10.0. The first-order chi connectivity index (χ1) is 11.0. The molecule has 0 aromatic heterocycles. The number of guanidine groups is 1. The monoisotopic (exact) mass is 310 g/mol. The Labute approximate surface area is 139 Å². The zero-order valence-electron chi connectivity index (χ0n) is 14.4. The summed E-state index contributed by atoms with van der Waals surface area (Å²) < 4.78 is 0. The number of nitrogens with two attached hydrogens (primary N) is 1. The molecule has 0 saturated heterocycles. The van der Waals surface area contributed by atoms with Gasteiger partial charge in [0.2, 0.25) is 0 Å². The Hall–Kier alpha value is -2.49. The molecule has 0 saturated carbocycles. The molecule has 122 valence electrons. The molecule has 2 aromatic carbocycles. The van der Waals surface area contributed by atoms with Crippen LogP contribution in [0.25, 0.3) is 0 Å². The van der Waals surface area contributed by atoms with Gasteiger partial charge in [-0.1, -0.05) is 38.1 Å². The van der Waals surface area contributed by atoms with Gasteiger partial charge in [0.25, 0.3) is 0 Å². The Kier molecular flexibility index (Phi) is 5.63. The predicted molar refractivity (Wildman–Crippen MR) is 100 cm³/mol. The average molecular weight is 310 g/mol. The van der Waals surface area contributed by atoms with E-state index in [2.05, 4.69) is 59.4 Å². The van der Waals surface area contributed by atoms with Crippen LogP contribution in [0.3, 0.4) is 0 Å². The van der Waals surface area contributed by atoms with Gasteiger partial charge in [-0.2, -0.15) is 0 Å². The van der Waals surface area contributed by atoms with Gasteiger partial charge in [0.1, 0.15) is 0 Å². The van der Waals surface area contributed by atoms with Gasteiger partial charge >= 0.3 is 0 Å². The number of hydrogen-bond acceptors (Lipinski definition) is 2. The fourth-order valence-electron chi connectivity index (χ4n) is 2.27. The zero-order chi connectivity index (χ0) is 16.8. The Morgan fingerprint density at radius 3 is 2.57 bits per heavy atom. The van der Waals surface area contributed by atoms with Gasteiger partial charge in [-0.05, 0) is 41.3 Å². The lowest BCUT2D eigenvalue weighted by molar-refractivity contribution is 0.867. The number of hydrogen-bond donors (Lipinski definition) is 2. The molecule has 0 amide bonds. The van der Waals surface area contributed by atoms with E-state index in [-0.39, 0.29) is 0 Å². The van der Waals surface area contributed by atoms with Gasteiger partial charge in [-0.15, -0.1) is 0 Å². The Morgan fingerprint density at radius 2 is 1.87 bits per heavy atom. The highest BCUT2D eigenvalue weighted by molar-refractivity contribution is 5.92. The summed E-state index contributed by atoms with van der Waals surface area (Å²) in [4.78, 5) is 6.51. The molecule has 23 heavy (non-hydrogen) atoms. The summed E-state index contributed by atoms with van der Waals surface area (Å²) in [6, 6.07) is 16.6. The van der Waals surface area contributed by atoms with Crippen LogP contribution in [0.1, 0.15) is 30.9 Å². The van der Waals surface area contributed by atoms with Gasteiger partial charge < -0.3 is 16.0 Å². The van der Waals surface area contributed by atoms with Crippen LogP contribution in [0, 0.1) is 0 Å². The van der Waals surface area contributed by atoms with Crippen molar-refractivity contribution in [2.45, 2.75) is 26.3 Å². The second kappa shape index (κ2) is 7.68. The molecular weight excluding hydrogens is 284 g/mol. The third-order valence-corrected chi connectivity index (χ3v) is 3.68. The van der Waals surface area contributed by atoms with Gasteiger partial charge in [0.05, 0.1) is 6.54 Å². The molecule has 0 aliphatic rings. The van der Waals surface area contributed by atoms with Crippen molar-refractivity contribution in [1.82, 2.24) is 0 Å². The Morgan fingerprint density at radius 1 is 1.13 bits per heavy atom. The molecule has 0 atom stereocenters. The van der Waals surface area contributed by atoms with Crippen LogP contribution < -0.4 is 16.0 Å². The molecule has 0 radical (unpaired) electrons. The third-order valence-electron chi connectivity index (χ3n) is 3.68. The van der Waals surface area contributed by atoms with E-state index in [1.807, 2.05) is 32.3 Å². The smallest absolute Gasteiger partial charge is 0.193 e. The summed E-state index contributed by atoms with van der Waals surface area (Å²) in [6.45, 7) is 4.91. The van der Waals surface area contributed by atoms with E-state index in [0.717, 1.165) is 16.9 Å². The summed E-state index contributed by atoms with van der Waals surface area (Å²) in [6.07, 6.45) is 0. The molecule has 0 unspecified atom stereocenters.